The van der Waals surface area contributed by atoms with E-state index in [9.17, 15) is 13.2 Å². The van der Waals surface area contributed by atoms with Crippen LogP contribution in [0.2, 0.25) is 0 Å². The number of methoxy groups -OCH3 is 1. The molecule has 106 valence electrons. The number of hydrogen-bond acceptors (Lipinski definition) is 4. The van der Waals surface area contributed by atoms with Crippen LogP contribution >= 0.6 is 0 Å². The molecule has 2 rings (SSSR count). The van der Waals surface area contributed by atoms with Crippen molar-refractivity contribution in [1.29, 1.82) is 0 Å². The average Bonchev–Trinajstić information content (AvgIpc) is 2.79. The summed E-state index contributed by atoms with van der Waals surface area (Å²) in [6, 6.07) is 9.45. The molecule has 1 heterocycles. The van der Waals surface area contributed by atoms with Gasteiger partial charge in [-0.25, -0.2) is 13.2 Å². The van der Waals surface area contributed by atoms with Crippen LogP contribution in [-0.4, -0.2) is 26.5 Å². The fraction of sp³-hybridized carbons (Fsp3) is 0.154. The van der Waals surface area contributed by atoms with Crippen LogP contribution in [0.1, 0.15) is 16.2 Å². The Morgan fingerprint density at radius 3 is 2.50 bits per heavy atom. The quantitative estimate of drug-likeness (QED) is 0.843. The molecule has 0 spiro atoms. The number of sulfonamides is 1. The van der Waals surface area contributed by atoms with Gasteiger partial charge in [-0.05, 0) is 25.1 Å². The summed E-state index contributed by atoms with van der Waals surface area (Å²) < 4.78 is 31.4. The summed E-state index contributed by atoms with van der Waals surface area (Å²) in [6.45, 7) is 1.72. The molecular formula is C13H14N2O4S. The fourth-order valence-corrected chi connectivity index (χ4v) is 2.82. The topological polar surface area (TPSA) is 88.3 Å². The zero-order valence-corrected chi connectivity index (χ0v) is 11.8. The van der Waals surface area contributed by atoms with Gasteiger partial charge in [0, 0.05) is 5.69 Å². The van der Waals surface area contributed by atoms with E-state index in [0.29, 0.717) is 5.69 Å². The Balaban J connectivity index is 2.38. The molecule has 2 N–H and O–H groups in total. The van der Waals surface area contributed by atoms with Crippen LogP contribution in [0.4, 0.5) is 5.69 Å². The van der Waals surface area contributed by atoms with E-state index < -0.39 is 16.0 Å². The third-order valence-electron chi connectivity index (χ3n) is 2.64. The smallest absolute Gasteiger partial charge is 0.356 e. The lowest BCUT2D eigenvalue weighted by atomic mass is 10.4. The van der Waals surface area contributed by atoms with Crippen molar-refractivity contribution in [3.05, 3.63) is 47.8 Å². The second-order valence-corrected chi connectivity index (χ2v) is 5.83. The van der Waals surface area contributed by atoms with Gasteiger partial charge in [0.2, 0.25) is 0 Å². The SMILES string of the molecule is COC(=O)c1[nH]c(C)cc1NS(=O)(=O)c1ccccc1. The van der Waals surface area contributed by atoms with Crippen molar-refractivity contribution in [3.8, 4) is 0 Å². The average molecular weight is 294 g/mol. The number of aromatic amines is 1. The zero-order chi connectivity index (χ0) is 14.8. The number of aromatic nitrogens is 1. The Kier molecular flexibility index (Phi) is 3.80. The molecule has 0 unspecified atom stereocenters. The molecule has 0 saturated heterocycles. The molecule has 0 aliphatic rings. The summed E-state index contributed by atoms with van der Waals surface area (Å²) in [5.41, 5.74) is 0.888. The van der Waals surface area contributed by atoms with Crippen LogP contribution < -0.4 is 4.72 Å². The van der Waals surface area contributed by atoms with Crippen molar-refractivity contribution >= 4 is 21.7 Å². The van der Waals surface area contributed by atoms with Gasteiger partial charge >= 0.3 is 5.97 Å². The molecule has 0 aliphatic carbocycles. The normalized spacial score (nSPS) is 11.1. The first-order valence-electron chi connectivity index (χ1n) is 5.80. The summed E-state index contributed by atoms with van der Waals surface area (Å²) in [5, 5.41) is 0. The highest BCUT2D eigenvalue weighted by Crippen LogP contribution is 2.21. The number of esters is 1. The number of carbonyl (C=O) groups is 1. The fourth-order valence-electron chi connectivity index (χ4n) is 1.74. The third-order valence-corrected chi connectivity index (χ3v) is 4.02. The van der Waals surface area contributed by atoms with Crippen LogP contribution in [0, 0.1) is 6.92 Å². The van der Waals surface area contributed by atoms with Crippen LogP contribution in [0.15, 0.2) is 41.3 Å². The predicted molar refractivity (Wildman–Crippen MR) is 74.1 cm³/mol. The van der Waals surface area contributed by atoms with Crippen LogP contribution in [0.3, 0.4) is 0 Å². The summed E-state index contributed by atoms with van der Waals surface area (Å²) >= 11 is 0. The first kappa shape index (κ1) is 14.1. The second-order valence-electron chi connectivity index (χ2n) is 4.15. The summed E-state index contributed by atoms with van der Waals surface area (Å²) in [6.07, 6.45) is 0. The maximum absolute atomic E-state index is 12.2. The van der Waals surface area contributed by atoms with Gasteiger partial charge in [-0.3, -0.25) is 4.72 Å². The molecule has 0 fully saturated rings. The van der Waals surface area contributed by atoms with Crippen molar-refractivity contribution < 1.29 is 17.9 Å². The molecule has 7 heteroatoms. The molecule has 0 atom stereocenters. The lowest BCUT2D eigenvalue weighted by Crippen LogP contribution is -2.15. The predicted octanol–water partition coefficient (Wildman–Crippen LogP) is 1.91. The van der Waals surface area contributed by atoms with Crippen molar-refractivity contribution in [3.63, 3.8) is 0 Å². The van der Waals surface area contributed by atoms with Gasteiger partial charge in [0.25, 0.3) is 10.0 Å². The van der Waals surface area contributed by atoms with Gasteiger partial charge in [0.15, 0.2) is 0 Å². The molecule has 6 nitrogen and oxygen atoms in total. The number of ether oxygens (including phenoxy) is 1. The van der Waals surface area contributed by atoms with E-state index in [1.54, 1.807) is 25.1 Å². The van der Waals surface area contributed by atoms with Gasteiger partial charge in [-0.15, -0.1) is 0 Å². The highest BCUT2D eigenvalue weighted by molar-refractivity contribution is 7.92. The van der Waals surface area contributed by atoms with Gasteiger partial charge in [-0.1, -0.05) is 18.2 Å². The minimum absolute atomic E-state index is 0.0736. The second kappa shape index (κ2) is 5.38. The maximum atomic E-state index is 12.2. The van der Waals surface area contributed by atoms with Crippen molar-refractivity contribution in [2.45, 2.75) is 11.8 Å². The van der Waals surface area contributed by atoms with E-state index in [0.717, 1.165) is 0 Å². The van der Waals surface area contributed by atoms with E-state index >= 15 is 0 Å². The lowest BCUT2D eigenvalue weighted by molar-refractivity contribution is 0.0596. The Hall–Kier alpha value is -2.28. The van der Waals surface area contributed by atoms with Crippen molar-refractivity contribution in [2.24, 2.45) is 0 Å². The highest BCUT2D eigenvalue weighted by Gasteiger charge is 2.20. The summed E-state index contributed by atoms with van der Waals surface area (Å²) in [7, 11) is -2.51. The third kappa shape index (κ3) is 2.83. The van der Waals surface area contributed by atoms with E-state index in [2.05, 4.69) is 14.4 Å². The van der Waals surface area contributed by atoms with Crippen molar-refractivity contribution in [1.82, 2.24) is 4.98 Å². The molecule has 0 radical (unpaired) electrons. The molecule has 20 heavy (non-hydrogen) atoms. The van der Waals surface area contributed by atoms with Gasteiger partial charge in [0.1, 0.15) is 5.69 Å². The first-order valence-corrected chi connectivity index (χ1v) is 7.28. The summed E-state index contributed by atoms with van der Waals surface area (Å²) in [4.78, 5) is 14.5. The Morgan fingerprint density at radius 1 is 1.25 bits per heavy atom. The number of hydrogen-bond donors (Lipinski definition) is 2. The molecular weight excluding hydrogens is 280 g/mol. The van der Waals surface area contributed by atoms with Crippen LogP contribution in [-0.2, 0) is 14.8 Å². The molecule has 0 amide bonds. The lowest BCUT2D eigenvalue weighted by Gasteiger charge is -2.07. The number of nitrogens with one attached hydrogen (secondary N) is 2. The van der Waals surface area contributed by atoms with Gasteiger partial charge < -0.3 is 9.72 Å². The molecule has 0 aliphatic heterocycles. The van der Waals surface area contributed by atoms with E-state index in [1.165, 1.54) is 25.3 Å². The highest BCUT2D eigenvalue weighted by atomic mass is 32.2. The van der Waals surface area contributed by atoms with Crippen LogP contribution in [0.5, 0.6) is 0 Å². The minimum atomic E-state index is -3.74. The van der Waals surface area contributed by atoms with Crippen LogP contribution in [0.25, 0.3) is 0 Å². The number of aryl methyl sites for hydroxylation is 1. The Morgan fingerprint density at radius 2 is 1.90 bits per heavy atom. The molecule has 1 aromatic carbocycles. The van der Waals surface area contributed by atoms with Gasteiger partial charge in [-0.2, -0.15) is 0 Å². The van der Waals surface area contributed by atoms with E-state index in [1.807, 2.05) is 0 Å². The number of H-pyrrole nitrogens is 1. The molecule has 0 saturated carbocycles. The Labute approximate surface area is 116 Å². The Bertz CT molecular complexity index is 720. The van der Waals surface area contributed by atoms with Gasteiger partial charge in [0.05, 0.1) is 17.7 Å². The number of rotatable bonds is 4. The number of anilines is 1. The van der Waals surface area contributed by atoms with E-state index in [-0.39, 0.29) is 16.3 Å². The standard InChI is InChI=1S/C13H14N2O4S/c1-9-8-11(12(14-9)13(16)19-2)15-20(17,18)10-6-4-3-5-7-10/h3-8,14-15H,1-2H3. The van der Waals surface area contributed by atoms with E-state index in [4.69, 9.17) is 0 Å². The largest absolute Gasteiger partial charge is 0.464 e. The molecule has 1 aromatic heterocycles. The van der Waals surface area contributed by atoms with Crippen molar-refractivity contribution in [2.75, 3.05) is 11.8 Å². The summed E-state index contributed by atoms with van der Waals surface area (Å²) in [5.74, 6) is -0.635. The zero-order valence-electron chi connectivity index (χ0n) is 11.0. The minimum Gasteiger partial charge on any atom is -0.464 e. The number of carbonyl (C=O) groups excluding carboxylic acids is 1. The monoisotopic (exact) mass is 294 g/mol. The molecule has 2 aromatic rings. The first-order chi connectivity index (χ1) is 9.44. The maximum Gasteiger partial charge on any atom is 0.356 e. The number of benzene rings is 1. The molecule has 0 bridgehead atoms.